The highest BCUT2D eigenvalue weighted by Gasteiger charge is 2.52. The van der Waals surface area contributed by atoms with Gasteiger partial charge in [-0.3, -0.25) is 0 Å². The van der Waals surface area contributed by atoms with Gasteiger partial charge in [-0.1, -0.05) is 72.8 Å². The fourth-order valence-electron chi connectivity index (χ4n) is 6.73. The zero-order valence-corrected chi connectivity index (χ0v) is 30.1. The molecule has 0 aliphatic carbocycles. The molecule has 0 radical (unpaired) electrons. The summed E-state index contributed by atoms with van der Waals surface area (Å²) in [7, 11) is -0.858. The van der Waals surface area contributed by atoms with Gasteiger partial charge in [-0.15, -0.1) is 0 Å². The lowest BCUT2D eigenvalue weighted by Gasteiger charge is -2.32. The van der Waals surface area contributed by atoms with E-state index in [-0.39, 0.29) is 0 Å². The van der Waals surface area contributed by atoms with Crippen LogP contribution in [0.15, 0.2) is 120 Å². The van der Waals surface area contributed by atoms with Crippen molar-refractivity contribution in [2.75, 3.05) is 4.90 Å². The SMILES string of the molecule is CC1(C)OB(c2ccc(N(c3ccc(B4OC(C)(C)C(C)(C)O4)cc3)c3ccc(-c4cccc5c4oc4ccccc45)cc3)cc2)OC1(C)C. The Morgan fingerprint density at radius 3 is 1.34 bits per heavy atom. The van der Waals surface area contributed by atoms with E-state index in [9.17, 15) is 0 Å². The van der Waals surface area contributed by atoms with Gasteiger partial charge >= 0.3 is 14.2 Å². The van der Waals surface area contributed by atoms with Crippen molar-refractivity contribution < 1.29 is 23.0 Å². The maximum absolute atomic E-state index is 6.36. The topological polar surface area (TPSA) is 53.3 Å². The average molecular weight is 663 g/mol. The van der Waals surface area contributed by atoms with Crippen LogP contribution in [0.25, 0.3) is 33.1 Å². The van der Waals surface area contributed by atoms with Crippen LogP contribution in [-0.2, 0) is 18.6 Å². The molecule has 0 atom stereocenters. The summed E-state index contributed by atoms with van der Waals surface area (Å²) in [6, 6.07) is 40.1. The molecule has 50 heavy (non-hydrogen) atoms. The van der Waals surface area contributed by atoms with Gasteiger partial charge in [0.1, 0.15) is 11.2 Å². The summed E-state index contributed by atoms with van der Waals surface area (Å²) < 4.78 is 31.8. The lowest BCUT2D eigenvalue weighted by Crippen LogP contribution is -2.41. The summed E-state index contributed by atoms with van der Waals surface area (Å²) in [5.41, 5.74) is 7.34. The summed E-state index contributed by atoms with van der Waals surface area (Å²) in [6.45, 7) is 16.6. The molecule has 0 amide bonds. The summed E-state index contributed by atoms with van der Waals surface area (Å²) in [4.78, 5) is 2.26. The van der Waals surface area contributed by atoms with Crippen molar-refractivity contribution in [3.05, 3.63) is 115 Å². The zero-order valence-electron chi connectivity index (χ0n) is 30.1. The van der Waals surface area contributed by atoms with Gasteiger partial charge in [0.15, 0.2) is 0 Å². The third-order valence-corrected chi connectivity index (χ3v) is 11.2. The molecule has 3 heterocycles. The second-order valence-corrected chi connectivity index (χ2v) is 15.5. The van der Waals surface area contributed by atoms with E-state index in [2.05, 4.69) is 163 Å². The van der Waals surface area contributed by atoms with Gasteiger partial charge in [0, 0.05) is 33.4 Å². The van der Waals surface area contributed by atoms with E-state index < -0.39 is 36.6 Å². The molecule has 252 valence electrons. The Labute approximate surface area is 295 Å². The van der Waals surface area contributed by atoms with Crippen molar-refractivity contribution in [2.24, 2.45) is 0 Å². The fourth-order valence-corrected chi connectivity index (χ4v) is 6.73. The van der Waals surface area contributed by atoms with Gasteiger partial charge in [-0.25, -0.2) is 0 Å². The van der Waals surface area contributed by atoms with Crippen LogP contribution in [0.5, 0.6) is 0 Å². The minimum Gasteiger partial charge on any atom is -0.455 e. The van der Waals surface area contributed by atoms with E-state index in [0.29, 0.717) is 0 Å². The van der Waals surface area contributed by atoms with Crippen LogP contribution >= 0.6 is 0 Å². The number of para-hydroxylation sites is 2. The zero-order chi connectivity index (χ0) is 35.1. The second-order valence-electron chi connectivity index (χ2n) is 15.5. The minimum absolute atomic E-state index is 0.407. The van der Waals surface area contributed by atoms with Gasteiger partial charge in [0.25, 0.3) is 0 Å². The Balaban J connectivity index is 1.15. The van der Waals surface area contributed by atoms with E-state index in [1.54, 1.807) is 0 Å². The Kier molecular flexibility index (Phi) is 7.63. The van der Waals surface area contributed by atoms with Crippen LogP contribution in [0, 0.1) is 0 Å². The van der Waals surface area contributed by atoms with Crippen LogP contribution in [0.1, 0.15) is 55.4 Å². The smallest absolute Gasteiger partial charge is 0.455 e. The first-order valence-electron chi connectivity index (χ1n) is 17.5. The van der Waals surface area contributed by atoms with Crippen molar-refractivity contribution in [2.45, 2.75) is 77.8 Å². The van der Waals surface area contributed by atoms with Crippen molar-refractivity contribution in [3.8, 4) is 11.1 Å². The van der Waals surface area contributed by atoms with Gasteiger partial charge in [-0.2, -0.15) is 0 Å². The molecule has 8 heteroatoms. The molecule has 5 aromatic carbocycles. The lowest BCUT2D eigenvalue weighted by molar-refractivity contribution is 0.00578. The van der Waals surface area contributed by atoms with Gasteiger partial charge in [0.05, 0.1) is 22.4 Å². The first kappa shape index (κ1) is 32.8. The van der Waals surface area contributed by atoms with Crippen molar-refractivity contribution >= 4 is 64.2 Å². The molecular weight excluding hydrogens is 620 g/mol. The molecule has 0 N–H and O–H groups in total. The molecule has 0 saturated carbocycles. The van der Waals surface area contributed by atoms with Gasteiger partial charge in [-0.05, 0) is 114 Å². The monoisotopic (exact) mass is 663 g/mol. The molecule has 0 spiro atoms. The van der Waals surface area contributed by atoms with Gasteiger partial charge < -0.3 is 27.9 Å². The Hall–Kier alpha value is -4.33. The third kappa shape index (κ3) is 5.46. The molecule has 6 nitrogen and oxygen atoms in total. The predicted octanol–water partition coefficient (Wildman–Crippen LogP) is 9.32. The quantitative estimate of drug-likeness (QED) is 0.166. The number of hydrogen-bond acceptors (Lipinski definition) is 6. The molecular formula is C42H43B2NO5. The minimum atomic E-state index is -0.429. The molecule has 1 aromatic heterocycles. The molecule has 0 unspecified atom stereocenters. The molecule has 8 rings (SSSR count). The van der Waals surface area contributed by atoms with E-state index in [4.69, 9.17) is 23.0 Å². The molecule has 2 aliphatic heterocycles. The Morgan fingerprint density at radius 2 is 0.860 bits per heavy atom. The summed E-state index contributed by atoms with van der Waals surface area (Å²) in [6.07, 6.45) is 0. The number of furan rings is 1. The average Bonchev–Trinajstić information content (AvgIpc) is 3.65. The predicted molar refractivity (Wildman–Crippen MR) is 205 cm³/mol. The van der Waals surface area contributed by atoms with Crippen LogP contribution in [0.3, 0.4) is 0 Å². The number of hydrogen-bond donors (Lipinski definition) is 0. The van der Waals surface area contributed by atoms with Crippen molar-refractivity contribution in [1.29, 1.82) is 0 Å². The highest BCUT2D eigenvalue weighted by atomic mass is 16.7. The molecule has 0 bridgehead atoms. The molecule has 2 saturated heterocycles. The maximum atomic E-state index is 6.36. The Morgan fingerprint density at radius 1 is 0.440 bits per heavy atom. The normalized spacial score (nSPS) is 19.0. The van der Waals surface area contributed by atoms with Crippen LogP contribution < -0.4 is 15.8 Å². The van der Waals surface area contributed by atoms with Crippen LogP contribution in [0.2, 0.25) is 0 Å². The van der Waals surface area contributed by atoms with E-state index >= 15 is 0 Å². The Bertz CT molecular complexity index is 2080. The van der Waals surface area contributed by atoms with Crippen LogP contribution in [-0.4, -0.2) is 36.6 Å². The fraction of sp³-hybridized carbons (Fsp3) is 0.286. The first-order chi connectivity index (χ1) is 23.7. The summed E-state index contributed by atoms with van der Waals surface area (Å²) >= 11 is 0. The van der Waals surface area contributed by atoms with Crippen molar-refractivity contribution in [1.82, 2.24) is 0 Å². The molecule has 2 aliphatic rings. The standard InChI is InChI=1S/C42H43B2NO5/c1-39(2)40(3,4)48-43(47-39)29-18-24-32(25-19-29)45(33-26-20-30(21-27-33)44-49-41(5,6)42(7,8)50-44)31-22-16-28(17-23-31)34-13-11-14-36-35-12-9-10-15-37(35)46-38(34)36/h9-27H,1-8H3. The number of benzene rings is 5. The van der Waals surface area contributed by atoms with E-state index in [0.717, 1.165) is 61.1 Å². The second kappa shape index (κ2) is 11.6. The third-order valence-electron chi connectivity index (χ3n) is 11.2. The maximum Gasteiger partial charge on any atom is 0.494 e. The molecule has 6 aromatic rings. The number of anilines is 3. The van der Waals surface area contributed by atoms with Crippen molar-refractivity contribution in [3.63, 3.8) is 0 Å². The number of nitrogens with zero attached hydrogens (tertiary/aromatic N) is 1. The summed E-state index contributed by atoms with van der Waals surface area (Å²) in [5, 5.41) is 2.24. The first-order valence-corrected chi connectivity index (χ1v) is 17.5. The van der Waals surface area contributed by atoms with Gasteiger partial charge in [0.2, 0.25) is 0 Å². The summed E-state index contributed by atoms with van der Waals surface area (Å²) in [5.74, 6) is 0. The number of rotatable bonds is 6. The number of fused-ring (bicyclic) bond motifs is 3. The highest BCUT2D eigenvalue weighted by molar-refractivity contribution is 6.62. The lowest BCUT2D eigenvalue weighted by atomic mass is 9.79. The highest BCUT2D eigenvalue weighted by Crippen LogP contribution is 2.41. The van der Waals surface area contributed by atoms with E-state index in [1.165, 1.54) is 0 Å². The van der Waals surface area contributed by atoms with E-state index in [1.807, 2.05) is 12.1 Å². The largest absolute Gasteiger partial charge is 0.494 e. The van der Waals surface area contributed by atoms with Crippen LogP contribution in [0.4, 0.5) is 17.1 Å². The molecule has 2 fully saturated rings.